The summed E-state index contributed by atoms with van der Waals surface area (Å²) in [5, 5.41) is 16.7. The first-order valence-electron chi connectivity index (χ1n) is 9.18. The predicted octanol–water partition coefficient (Wildman–Crippen LogP) is 3.90. The number of aromatic nitrogens is 6. The van der Waals surface area contributed by atoms with Crippen molar-refractivity contribution in [3.05, 3.63) is 54.1 Å². The van der Waals surface area contributed by atoms with Crippen LogP contribution in [0, 0.1) is 0 Å². The van der Waals surface area contributed by atoms with Crippen LogP contribution in [0.5, 0.6) is 0 Å². The Labute approximate surface area is 168 Å². The molecule has 1 aliphatic rings. The van der Waals surface area contributed by atoms with Crippen LogP contribution >= 0.6 is 11.3 Å². The summed E-state index contributed by atoms with van der Waals surface area (Å²) in [6.45, 7) is 0. The number of nitrogens with zero attached hydrogens (tertiary/aromatic N) is 6. The van der Waals surface area contributed by atoms with E-state index >= 15 is 0 Å². The van der Waals surface area contributed by atoms with Crippen molar-refractivity contribution in [3.8, 4) is 22.6 Å². The lowest BCUT2D eigenvalue weighted by molar-refractivity contribution is 0.0692. The summed E-state index contributed by atoms with van der Waals surface area (Å²) >= 11 is 1.55. The van der Waals surface area contributed by atoms with E-state index < -0.39 is 5.97 Å². The van der Waals surface area contributed by atoms with Crippen LogP contribution in [0.4, 0.5) is 0 Å². The van der Waals surface area contributed by atoms with Crippen molar-refractivity contribution >= 4 is 33.2 Å². The Balaban J connectivity index is 1.59. The van der Waals surface area contributed by atoms with Crippen molar-refractivity contribution < 1.29 is 9.90 Å². The van der Waals surface area contributed by atoms with Gasteiger partial charge in [0, 0.05) is 28.7 Å². The summed E-state index contributed by atoms with van der Waals surface area (Å²) in [6.07, 6.45) is 7.57. The number of carboxylic acids is 1. The summed E-state index contributed by atoms with van der Waals surface area (Å²) in [6, 6.07) is 8.05. The molecule has 1 N–H and O–H groups in total. The van der Waals surface area contributed by atoms with Gasteiger partial charge in [0.05, 0.1) is 17.3 Å². The minimum absolute atomic E-state index is 0.0116. The Morgan fingerprint density at radius 1 is 1.17 bits per heavy atom. The van der Waals surface area contributed by atoms with Crippen LogP contribution in [0.3, 0.4) is 0 Å². The molecule has 1 saturated carbocycles. The number of imidazole rings is 1. The second kappa shape index (κ2) is 5.95. The first-order valence-corrected chi connectivity index (χ1v) is 10.1. The molecule has 1 aliphatic carbocycles. The average molecular weight is 402 g/mol. The summed E-state index contributed by atoms with van der Waals surface area (Å²) in [4.78, 5) is 25.4. The van der Waals surface area contributed by atoms with Gasteiger partial charge in [-0.05, 0) is 31.0 Å². The van der Waals surface area contributed by atoms with Crippen LogP contribution in [0.2, 0.25) is 0 Å². The van der Waals surface area contributed by atoms with Gasteiger partial charge in [0.15, 0.2) is 10.7 Å². The van der Waals surface area contributed by atoms with Gasteiger partial charge in [-0.1, -0.05) is 6.07 Å². The number of hydrogen-bond acceptors (Lipinski definition) is 6. The molecule has 0 aliphatic heterocycles. The summed E-state index contributed by atoms with van der Waals surface area (Å²) in [5.74, 6) is -1.08. The number of thiazole rings is 1. The SMILES string of the molecule is O=C(O)c1ncnc2ccc(-c3c(-c4ccn(C5CC5)n4)nc4sccn34)cc12. The van der Waals surface area contributed by atoms with Crippen LogP contribution in [-0.4, -0.2) is 40.2 Å². The van der Waals surface area contributed by atoms with Crippen molar-refractivity contribution in [2.24, 2.45) is 0 Å². The van der Waals surface area contributed by atoms with Crippen LogP contribution in [-0.2, 0) is 0 Å². The quantitative estimate of drug-likeness (QED) is 0.489. The Morgan fingerprint density at radius 3 is 2.90 bits per heavy atom. The van der Waals surface area contributed by atoms with Crippen molar-refractivity contribution in [1.82, 2.24) is 29.1 Å². The van der Waals surface area contributed by atoms with E-state index in [0.717, 1.165) is 40.4 Å². The molecule has 4 aromatic heterocycles. The lowest BCUT2D eigenvalue weighted by Crippen LogP contribution is -2.02. The van der Waals surface area contributed by atoms with Gasteiger partial charge in [0.25, 0.3) is 0 Å². The predicted molar refractivity (Wildman–Crippen MR) is 108 cm³/mol. The highest BCUT2D eigenvalue weighted by atomic mass is 32.1. The first-order chi connectivity index (χ1) is 14.2. The lowest BCUT2D eigenvalue weighted by atomic mass is 10.0. The van der Waals surface area contributed by atoms with Gasteiger partial charge in [-0.3, -0.25) is 9.08 Å². The van der Waals surface area contributed by atoms with Crippen molar-refractivity contribution in [1.29, 1.82) is 0 Å². The zero-order valence-electron chi connectivity index (χ0n) is 15.1. The second-order valence-electron chi connectivity index (χ2n) is 7.04. The van der Waals surface area contributed by atoms with Gasteiger partial charge in [-0.15, -0.1) is 11.3 Å². The first kappa shape index (κ1) is 16.4. The van der Waals surface area contributed by atoms with Gasteiger partial charge in [0.2, 0.25) is 0 Å². The van der Waals surface area contributed by atoms with Gasteiger partial charge in [0.1, 0.15) is 17.7 Å². The average Bonchev–Trinajstić information content (AvgIpc) is 3.13. The molecular formula is C20H14N6O2S. The number of rotatable bonds is 4. The monoisotopic (exact) mass is 402 g/mol. The van der Waals surface area contributed by atoms with Gasteiger partial charge >= 0.3 is 5.97 Å². The van der Waals surface area contributed by atoms with Gasteiger partial charge in [-0.25, -0.2) is 19.7 Å². The number of hydrogen-bond donors (Lipinski definition) is 1. The molecule has 0 spiro atoms. The molecule has 142 valence electrons. The highest BCUT2D eigenvalue weighted by Gasteiger charge is 2.26. The third kappa shape index (κ3) is 2.54. The van der Waals surface area contributed by atoms with Gasteiger partial charge < -0.3 is 5.11 Å². The number of carbonyl (C=O) groups is 1. The van der Waals surface area contributed by atoms with Crippen LogP contribution in [0.15, 0.2) is 48.4 Å². The normalized spacial score (nSPS) is 14.1. The van der Waals surface area contributed by atoms with Crippen LogP contribution < -0.4 is 0 Å². The summed E-state index contributed by atoms with van der Waals surface area (Å²) in [5.41, 5.74) is 3.89. The number of fused-ring (bicyclic) bond motifs is 2. The van der Waals surface area contributed by atoms with E-state index in [2.05, 4.69) is 9.97 Å². The molecule has 4 heterocycles. The summed E-state index contributed by atoms with van der Waals surface area (Å²) < 4.78 is 4.02. The van der Waals surface area contributed by atoms with E-state index in [-0.39, 0.29) is 5.69 Å². The minimum Gasteiger partial charge on any atom is -0.476 e. The van der Waals surface area contributed by atoms with Crippen LogP contribution in [0.25, 0.3) is 38.5 Å². The molecule has 6 rings (SSSR count). The molecule has 1 fully saturated rings. The molecule has 9 heteroatoms. The maximum Gasteiger partial charge on any atom is 0.355 e. The van der Waals surface area contributed by atoms with E-state index in [1.165, 1.54) is 6.33 Å². The van der Waals surface area contributed by atoms with E-state index in [0.29, 0.717) is 16.9 Å². The van der Waals surface area contributed by atoms with E-state index in [1.54, 1.807) is 11.3 Å². The van der Waals surface area contributed by atoms with E-state index in [9.17, 15) is 9.90 Å². The minimum atomic E-state index is -1.08. The van der Waals surface area contributed by atoms with E-state index in [1.807, 2.05) is 51.1 Å². The fourth-order valence-electron chi connectivity index (χ4n) is 3.62. The Bertz CT molecular complexity index is 1410. The molecule has 1 aromatic carbocycles. The molecule has 0 atom stereocenters. The number of benzene rings is 1. The lowest BCUT2D eigenvalue weighted by Gasteiger charge is -2.06. The summed E-state index contributed by atoms with van der Waals surface area (Å²) in [7, 11) is 0. The third-order valence-electron chi connectivity index (χ3n) is 5.15. The molecule has 0 amide bonds. The molecule has 0 radical (unpaired) electrons. The molecule has 0 bridgehead atoms. The fourth-order valence-corrected chi connectivity index (χ4v) is 4.34. The van der Waals surface area contributed by atoms with Crippen molar-refractivity contribution in [3.63, 3.8) is 0 Å². The van der Waals surface area contributed by atoms with Crippen molar-refractivity contribution in [2.75, 3.05) is 0 Å². The Hall–Kier alpha value is -3.59. The van der Waals surface area contributed by atoms with Crippen LogP contribution in [0.1, 0.15) is 29.4 Å². The maximum atomic E-state index is 11.6. The smallest absolute Gasteiger partial charge is 0.355 e. The molecule has 0 saturated heterocycles. The zero-order chi connectivity index (χ0) is 19.5. The molecular weight excluding hydrogens is 388 g/mol. The van der Waals surface area contributed by atoms with E-state index in [4.69, 9.17) is 10.1 Å². The highest BCUT2D eigenvalue weighted by molar-refractivity contribution is 7.15. The number of aromatic carboxylic acids is 1. The molecule has 29 heavy (non-hydrogen) atoms. The van der Waals surface area contributed by atoms with Crippen molar-refractivity contribution in [2.45, 2.75) is 18.9 Å². The maximum absolute atomic E-state index is 11.6. The third-order valence-corrected chi connectivity index (χ3v) is 5.90. The Kier molecular flexibility index (Phi) is 3.36. The second-order valence-corrected chi connectivity index (χ2v) is 7.91. The topological polar surface area (TPSA) is 98.2 Å². The fraction of sp³-hybridized carbons (Fsp3) is 0.150. The Morgan fingerprint density at radius 2 is 2.07 bits per heavy atom. The largest absolute Gasteiger partial charge is 0.476 e. The molecule has 0 unspecified atom stereocenters. The number of carboxylic acid groups (broad SMARTS) is 1. The zero-order valence-corrected chi connectivity index (χ0v) is 15.9. The highest BCUT2D eigenvalue weighted by Crippen LogP contribution is 2.38. The molecule has 8 nitrogen and oxygen atoms in total. The standard InChI is InChI=1S/C20H14N6O2S/c27-19(28)16-13-9-11(1-4-14(13)21-10-22-16)18-17(23-20-25(18)7-8-29-20)15-5-6-26(24-15)12-2-3-12/h1,4-10,12H,2-3H2,(H,27,28). The van der Waals surface area contributed by atoms with Gasteiger partial charge in [-0.2, -0.15) is 5.10 Å². The molecule has 5 aromatic rings.